The molecule has 6 nitrogen and oxygen atoms in total. The summed E-state index contributed by atoms with van der Waals surface area (Å²) in [4.78, 5) is 2.43. The molecule has 0 bridgehead atoms. The van der Waals surface area contributed by atoms with Gasteiger partial charge in [-0.15, -0.1) is 0 Å². The molecule has 2 aromatic carbocycles. The molecule has 0 aliphatic carbocycles. The van der Waals surface area contributed by atoms with Crippen molar-refractivity contribution >= 4 is 10.0 Å². The molecule has 0 saturated heterocycles. The Morgan fingerprint density at radius 1 is 1.04 bits per heavy atom. The first-order valence-electron chi connectivity index (χ1n) is 8.54. The first-order valence-corrected chi connectivity index (χ1v) is 10.0. The summed E-state index contributed by atoms with van der Waals surface area (Å²) in [5.74, 6) is 0.890. The van der Waals surface area contributed by atoms with Crippen molar-refractivity contribution in [3.05, 3.63) is 53.6 Å². The van der Waals surface area contributed by atoms with Crippen molar-refractivity contribution in [2.45, 2.75) is 17.9 Å². The van der Waals surface area contributed by atoms with Crippen LogP contribution in [0.4, 0.5) is 0 Å². The van der Waals surface area contributed by atoms with Crippen molar-refractivity contribution in [2.75, 3.05) is 33.9 Å². The maximum atomic E-state index is 12.5. The normalized spacial score (nSPS) is 14.7. The zero-order valence-corrected chi connectivity index (χ0v) is 15.9. The Morgan fingerprint density at radius 2 is 1.77 bits per heavy atom. The third kappa shape index (κ3) is 4.17. The number of hydrogen-bond acceptors (Lipinski definition) is 5. The second-order valence-corrected chi connectivity index (χ2v) is 7.98. The van der Waals surface area contributed by atoms with Crippen LogP contribution in [0.2, 0.25) is 0 Å². The van der Waals surface area contributed by atoms with Crippen LogP contribution in [0.3, 0.4) is 0 Å². The number of fused-ring (bicyclic) bond motifs is 1. The van der Waals surface area contributed by atoms with Gasteiger partial charge in [0.05, 0.1) is 19.1 Å². The second kappa shape index (κ2) is 8.07. The van der Waals surface area contributed by atoms with Gasteiger partial charge in [-0.25, -0.2) is 13.1 Å². The highest BCUT2D eigenvalue weighted by Gasteiger charge is 2.19. The van der Waals surface area contributed by atoms with Gasteiger partial charge < -0.3 is 9.47 Å². The van der Waals surface area contributed by atoms with Gasteiger partial charge >= 0.3 is 0 Å². The predicted octanol–water partition coefficient (Wildman–Crippen LogP) is 2.04. The quantitative estimate of drug-likeness (QED) is 0.801. The predicted molar refractivity (Wildman–Crippen MR) is 100 cm³/mol. The average molecular weight is 376 g/mol. The lowest BCUT2D eigenvalue weighted by Gasteiger charge is -2.28. The molecule has 26 heavy (non-hydrogen) atoms. The summed E-state index contributed by atoms with van der Waals surface area (Å²) in [6, 6.07) is 13.0. The van der Waals surface area contributed by atoms with Crippen LogP contribution in [0.5, 0.6) is 11.5 Å². The smallest absolute Gasteiger partial charge is 0.240 e. The highest BCUT2D eigenvalue weighted by Crippen LogP contribution is 2.29. The molecule has 0 aromatic heterocycles. The van der Waals surface area contributed by atoms with Crippen LogP contribution < -0.4 is 14.2 Å². The second-order valence-electron chi connectivity index (χ2n) is 6.21. The summed E-state index contributed by atoms with van der Waals surface area (Å²) in [5, 5.41) is 0. The van der Waals surface area contributed by atoms with Gasteiger partial charge in [-0.05, 0) is 29.7 Å². The molecule has 2 aromatic rings. The minimum Gasteiger partial charge on any atom is -0.493 e. The van der Waals surface area contributed by atoms with Crippen molar-refractivity contribution in [2.24, 2.45) is 0 Å². The van der Waals surface area contributed by atoms with E-state index in [2.05, 4.69) is 27.8 Å². The fraction of sp³-hybridized carbons (Fsp3) is 0.368. The highest BCUT2D eigenvalue weighted by atomic mass is 32.2. The summed E-state index contributed by atoms with van der Waals surface area (Å²) in [5.41, 5.74) is 2.70. The minimum absolute atomic E-state index is 0.166. The number of methoxy groups -OCH3 is 2. The molecule has 1 heterocycles. The van der Waals surface area contributed by atoms with Crippen LogP contribution in [0, 0.1) is 0 Å². The van der Waals surface area contributed by atoms with Gasteiger partial charge in [0.1, 0.15) is 0 Å². The van der Waals surface area contributed by atoms with E-state index in [1.807, 2.05) is 6.07 Å². The zero-order valence-electron chi connectivity index (χ0n) is 15.1. The van der Waals surface area contributed by atoms with Crippen LogP contribution in [0.1, 0.15) is 11.1 Å². The van der Waals surface area contributed by atoms with Crippen LogP contribution in [0.15, 0.2) is 47.4 Å². The van der Waals surface area contributed by atoms with Crippen molar-refractivity contribution in [1.29, 1.82) is 0 Å². The number of ether oxygens (including phenoxy) is 2. The van der Waals surface area contributed by atoms with Crippen molar-refractivity contribution < 1.29 is 17.9 Å². The molecule has 3 rings (SSSR count). The molecule has 1 N–H and O–H groups in total. The average Bonchev–Trinajstić information content (AvgIpc) is 2.67. The maximum Gasteiger partial charge on any atom is 0.240 e. The molecule has 1 aliphatic rings. The van der Waals surface area contributed by atoms with E-state index in [1.165, 1.54) is 37.5 Å². The summed E-state index contributed by atoms with van der Waals surface area (Å²) >= 11 is 0. The van der Waals surface area contributed by atoms with Crippen LogP contribution >= 0.6 is 0 Å². The lowest BCUT2D eigenvalue weighted by atomic mass is 10.0. The number of rotatable bonds is 7. The zero-order chi connectivity index (χ0) is 18.6. The first kappa shape index (κ1) is 18.7. The molecule has 0 atom stereocenters. The van der Waals surface area contributed by atoms with Gasteiger partial charge in [-0.3, -0.25) is 4.90 Å². The van der Waals surface area contributed by atoms with E-state index in [9.17, 15) is 8.42 Å². The van der Waals surface area contributed by atoms with E-state index >= 15 is 0 Å². The molecule has 0 radical (unpaired) electrons. The molecule has 7 heteroatoms. The molecule has 1 aliphatic heterocycles. The van der Waals surface area contributed by atoms with Crippen molar-refractivity contribution in [3.8, 4) is 11.5 Å². The van der Waals surface area contributed by atoms with Gasteiger partial charge in [-0.1, -0.05) is 24.3 Å². The standard InChI is InChI=1S/C19H24N2O4S/c1-24-18-8-7-17(13-19(18)25-2)26(22,23)20-10-12-21-11-9-15-5-3-4-6-16(15)14-21/h3-8,13,20H,9-12,14H2,1-2H3. The fourth-order valence-electron chi connectivity index (χ4n) is 3.15. The third-order valence-corrected chi connectivity index (χ3v) is 6.05. The number of nitrogens with zero attached hydrogens (tertiary/aromatic N) is 1. The van der Waals surface area contributed by atoms with Gasteiger partial charge in [-0.2, -0.15) is 0 Å². The van der Waals surface area contributed by atoms with E-state index in [0.29, 0.717) is 24.6 Å². The SMILES string of the molecule is COc1ccc(S(=O)(=O)NCCN2CCc3ccccc3C2)cc1OC. The monoisotopic (exact) mass is 376 g/mol. The lowest BCUT2D eigenvalue weighted by Crippen LogP contribution is -2.37. The Labute approximate surface area is 154 Å². The van der Waals surface area contributed by atoms with Gasteiger partial charge in [0.25, 0.3) is 0 Å². The summed E-state index contributed by atoms with van der Waals surface area (Å²) in [7, 11) is -0.594. The van der Waals surface area contributed by atoms with E-state index in [0.717, 1.165) is 19.5 Å². The molecule has 0 unspecified atom stereocenters. The number of nitrogens with one attached hydrogen (secondary N) is 1. The Morgan fingerprint density at radius 3 is 2.50 bits per heavy atom. The van der Waals surface area contributed by atoms with E-state index in [-0.39, 0.29) is 4.90 Å². The fourth-order valence-corrected chi connectivity index (χ4v) is 4.19. The van der Waals surface area contributed by atoms with Gasteiger partial charge in [0.2, 0.25) is 10.0 Å². The van der Waals surface area contributed by atoms with Crippen molar-refractivity contribution in [1.82, 2.24) is 9.62 Å². The maximum absolute atomic E-state index is 12.5. The van der Waals surface area contributed by atoms with E-state index in [4.69, 9.17) is 9.47 Å². The Hall–Kier alpha value is -2.09. The summed E-state index contributed by atoms with van der Waals surface area (Å²) < 4.78 is 38.0. The molecular weight excluding hydrogens is 352 g/mol. The highest BCUT2D eigenvalue weighted by molar-refractivity contribution is 7.89. The Kier molecular flexibility index (Phi) is 5.80. The van der Waals surface area contributed by atoms with Gasteiger partial charge in [0, 0.05) is 32.2 Å². The summed E-state index contributed by atoms with van der Waals surface area (Å²) in [6.07, 6.45) is 0.999. The lowest BCUT2D eigenvalue weighted by molar-refractivity contribution is 0.258. The number of hydrogen-bond donors (Lipinski definition) is 1. The van der Waals surface area contributed by atoms with E-state index in [1.54, 1.807) is 6.07 Å². The molecule has 0 amide bonds. The molecule has 0 spiro atoms. The topological polar surface area (TPSA) is 67.9 Å². The van der Waals surface area contributed by atoms with Crippen LogP contribution in [0.25, 0.3) is 0 Å². The number of sulfonamides is 1. The van der Waals surface area contributed by atoms with Gasteiger partial charge in [0.15, 0.2) is 11.5 Å². The first-order chi connectivity index (χ1) is 12.5. The Bertz CT molecular complexity index is 868. The molecule has 0 fully saturated rings. The Balaban J connectivity index is 1.59. The minimum atomic E-state index is -3.59. The third-order valence-electron chi connectivity index (χ3n) is 4.60. The van der Waals surface area contributed by atoms with Crippen LogP contribution in [-0.4, -0.2) is 47.2 Å². The van der Waals surface area contributed by atoms with Crippen LogP contribution in [-0.2, 0) is 23.0 Å². The largest absolute Gasteiger partial charge is 0.493 e. The molecule has 140 valence electrons. The molecule has 0 saturated carbocycles. The number of benzene rings is 2. The van der Waals surface area contributed by atoms with Crippen molar-refractivity contribution in [3.63, 3.8) is 0 Å². The molecular formula is C19H24N2O4S. The van der Waals surface area contributed by atoms with E-state index < -0.39 is 10.0 Å². The summed E-state index contributed by atoms with van der Waals surface area (Å²) in [6.45, 7) is 2.82.